The maximum Gasteiger partial charge on any atom is 0.120 e. The van der Waals surface area contributed by atoms with Gasteiger partial charge in [-0.15, -0.1) is 0 Å². The van der Waals surface area contributed by atoms with Crippen LogP contribution in [0.4, 0.5) is 0 Å². The summed E-state index contributed by atoms with van der Waals surface area (Å²) in [5.74, 6) is 0.895. The Kier molecular flexibility index (Phi) is 6.03. The third kappa shape index (κ3) is 7.62. The molecule has 3 nitrogen and oxygen atoms in total. The Morgan fingerprint density at radius 1 is 1.21 bits per heavy atom. The summed E-state index contributed by atoms with van der Waals surface area (Å²) in [5, 5.41) is 3.33. The molecule has 0 aromatic heterocycles. The Bertz CT molecular complexity index is 388. The first-order valence-electron chi connectivity index (χ1n) is 6.89. The van der Waals surface area contributed by atoms with Crippen LogP contribution in [0.5, 0.6) is 5.75 Å². The Labute approximate surface area is 117 Å². The summed E-state index contributed by atoms with van der Waals surface area (Å²) in [7, 11) is 0. The zero-order chi connectivity index (χ0) is 14.3. The van der Waals surface area contributed by atoms with E-state index in [0.29, 0.717) is 6.04 Å². The van der Waals surface area contributed by atoms with Crippen LogP contribution in [0.3, 0.4) is 0 Å². The SMILES string of the molecule is CC(C)NCCN=Cc1ccc(OC(C)(C)C)cc1. The monoisotopic (exact) mass is 262 g/mol. The molecule has 0 fully saturated rings. The van der Waals surface area contributed by atoms with E-state index in [1.54, 1.807) is 0 Å². The molecule has 19 heavy (non-hydrogen) atoms. The van der Waals surface area contributed by atoms with E-state index in [-0.39, 0.29) is 5.60 Å². The molecule has 106 valence electrons. The van der Waals surface area contributed by atoms with Crippen LogP contribution in [0.2, 0.25) is 0 Å². The van der Waals surface area contributed by atoms with E-state index in [9.17, 15) is 0 Å². The van der Waals surface area contributed by atoms with Crippen molar-refractivity contribution in [3.8, 4) is 5.75 Å². The van der Waals surface area contributed by atoms with E-state index >= 15 is 0 Å². The van der Waals surface area contributed by atoms with Crippen molar-refractivity contribution in [1.82, 2.24) is 5.32 Å². The fourth-order valence-electron chi connectivity index (χ4n) is 1.56. The van der Waals surface area contributed by atoms with E-state index < -0.39 is 0 Å². The summed E-state index contributed by atoms with van der Waals surface area (Å²) < 4.78 is 5.77. The number of hydrogen-bond acceptors (Lipinski definition) is 3. The van der Waals surface area contributed by atoms with E-state index in [2.05, 4.69) is 24.2 Å². The quantitative estimate of drug-likeness (QED) is 0.630. The summed E-state index contributed by atoms with van der Waals surface area (Å²) in [4.78, 5) is 4.39. The second-order valence-electron chi connectivity index (χ2n) is 5.93. The molecule has 1 aromatic rings. The lowest BCUT2D eigenvalue weighted by atomic mass is 10.2. The Morgan fingerprint density at radius 2 is 1.84 bits per heavy atom. The molecule has 1 N–H and O–H groups in total. The molecule has 3 heteroatoms. The topological polar surface area (TPSA) is 33.6 Å². The van der Waals surface area contributed by atoms with Gasteiger partial charge in [0.05, 0.1) is 6.54 Å². The Hall–Kier alpha value is -1.35. The zero-order valence-electron chi connectivity index (χ0n) is 12.7. The minimum absolute atomic E-state index is 0.155. The van der Waals surface area contributed by atoms with Crippen LogP contribution in [0.1, 0.15) is 40.2 Å². The number of rotatable bonds is 6. The number of ether oxygens (including phenoxy) is 1. The molecule has 0 aliphatic rings. The molecule has 0 heterocycles. The number of nitrogens with zero attached hydrogens (tertiary/aromatic N) is 1. The average Bonchev–Trinajstić information content (AvgIpc) is 2.28. The fraction of sp³-hybridized carbons (Fsp3) is 0.562. The van der Waals surface area contributed by atoms with Gasteiger partial charge in [-0.3, -0.25) is 4.99 Å². The van der Waals surface area contributed by atoms with Crippen molar-refractivity contribution < 1.29 is 4.74 Å². The Balaban J connectivity index is 2.41. The van der Waals surface area contributed by atoms with Gasteiger partial charge >= 0.3 is 0 Å². The lowest BCUT2D eigenvalue weighted by Crippen LogP contribution is -2.25. The van der Waals surface area contributed by atoms with Crippen LogP contribution in [-0.2, 0) is 0 Å². The van der Waals surface area contributed by atoms with Crippen molar-refractivity contribution in [2.24, 2.45) is 4.99 Å². The van der Waals surface area contributed by atoms with E-state index in [0.717, 1.165) is 24.4 Å². The first kappa shape index (κ1) is 15.7. The van der Waals surface area contributed by atoms with Crippen molar-refractivity contribution in [2.45, 2.75) is 46.3 Å². The van der Waals surface area contributed by atoms with Crippen LogP contribution in [0.25, 0.3) is 0 Å². The third-order valence-corrected chi connectivity index (χ3v) is 2.34. The molecule has 0 saturated carbocycles. The summed E-state index contributed by atoms with van der Waals surface area (Å²) in [6.45, 7) is 12.1. The lowest BCUT2D eigenvalue weighted by Gasteiger charge is -2.21. The predicted molar refractivity (Wildman–Crippen MR) is 82.4 cm³/mol. The number of aliphatic imine (C=N–C) groups is 1. The molecular formula is C16H26N2O. The van der Waals surface area contributed by atoms with Crippen molar-refractivity contribution in [3.63, 3.8) is 0 Å². The van der Waals surface area contributed by atoms with Crippen molar-refractivity contribution >= 4 is 6.21 Å². The summed E-state index contributed by atoms with van der Waals surface area (Å²) in [5.41, 5.74) is 0.948. The molecule has 0 aliphatic carbocycles. The maximum absolute atomic E-state index is 5.77. The molecule has 1 aromatic carbocycles. The molecule has 0 unspecified atom stereocenters. The van der Waals surface area contributed by atoms with Crippen molar-refractivity contribution in [1.29, 1.82) is 0 Å². The predicted octanol–water partition coefficient (Wildman–Crippen LogP) is 3.28. The standard InChI is InChI=1S/C16H26N2O/c1-13(2)18-11-10-17-12-14-6-8-15(9-7-14)19-16(3,4)5/h6-9,12-13,18H,10-11H2,1-5H3. The molecular weight excluding hydrogens is 236 g/mol. The van der Waals surface area contributed by atoms with E-state index in [1.807, 2.05) is 51.3 Å². The highest BCUT2D eigenvalue weighted by atomic mass is 16.5. The van der Waals surface area contributed by atoms with Crippen LogP contribution in [0, 0.1) is 0 Å². The number of benzene rings is 1. The molecule has 0 spiro atoms. The Morgan fingerprint density at radius 3 is 2.37 bits per heavy atom. The number of hydrogen-bond donors (Lipinski definition) is 1. The zero-order valence-corrected chi connectivity index (χ0v) is 12.7. The summed E-state index contributed by atoms with van der Waals surface area (Å²) in [6, 6.07) is 8.54. The van der Waals surface area contributed by atoms with Crippen molar-refractivity contribution in [3.05, 3.63) is 29.8 Å². The molecule has 0 radical (unpaired) electrons. The van der Waals surface area contributed by atoms with Gasteiger partial charge in [0.2, 0.25) is 0 Å². The van der Waals surface area contributed by atoms with Gasteiger partial charge in [0.15, 0.2) is 0 Å². The summed E-state index contributed by atoms with van der Waals surface area (Å²) in [6.07, 6.45) is 1.91. The fourth-order valence-corrected chi connectivity index (χ4v) is 1.56. The number of nitrogens with one attached hydrogen (secondary N) is 1. The molecule has 0 aliphatic heterocycles. The first-order chi connectivity index (χ1) is 8.87. The van der Waals surface area contributed by atoms with Gasteiger partial charge in [-0.25, -0.2) is 0 Å². The average molecular weight is 262 g/mol. The minimum atomic E-state index is -0.155. The highest BCUT2D eigenvalue weighted by Gasteiger charge is 2.10. The highest BCUT2D eigenvalue weighted by Crippen LogP contribution is 2.17. The second-order valence-corrected chi connectivity index (χ2v) is 5.93. The molecule has 0 bridgehead atoms. The maximum atomic E-state index is 5.77. The van der Waals surface area contributed by atoms with Gasteiger partial charge in [0.1, 0.15) is 11.4 Å². The van der Waals surface area contributed by atoms with Gasteiger partial charge in [-0.1, -0.05) is 13.8 Å². The third-order valence-electron chi connectivity index (χ3n) is 2.34. The molecule has 1 rings (SSSR count). The summed E-state index contributed by atoms with van der Waals surface area (Å²) >= 11 is 0. The molecule has 0 amide bonds. The van der Waals surface area contributed by atoms with Crippen molar-refractivity contribution in [2.75, 3.05) is 13.1 Å². The minimum Gasteiger partial charge on any atom is -0.488 e. The van der Waals surface area contributed by atoms with Gasteiger partial charge in [0.25, 0.3) is 0 Å². The molecule has 0 saturated heterocycles. The lowest BCUT2D eigenvalue weighted by molar-refractivity contribution is 0.131. The van der Waals surface area contributed by atoms with E-state index in [1.165, 1.54) is 0 Å². The van der Waals surface area contributed by atoms with Crippen LogP contribution in [-0.4, -0.2) is 30.9 Å². The normalized spacial score (nSPS) is 12.3. The first-order valence-corrected chi connectivity index (χ1v) is 6.89. The van der Waals surface area contributed by atoms with Gasteiger partial charge < -0.3 is 10.1 Å². The second kappa shape index (κ2) is 7.29. The van der Waals surface area contributed by atoms with Crippen LogP contribution < -0.4 is 10.1 Å². The van der Waals surface area contributed by atoms with Gasteiger partial charge in [0, 0.05) is 18.8 Å². The van der Waals surface area contributed by atoms with Crippen LogP contribution in [0.15, 0.2) is 29.3 Å². The molecule has 0 atom stereocenters. The van der Waals surface area contributed by atoms with Gasteiger partial charge in [-0.05, 0) is 50.6 Å². The van der Waals surface area contributed by atoms with Crippen LogP contribution >= 0.6 is 0 Å². The largest absolute Gasteiger partial charge is 0.488 e. The van der Waals surface area contributed by atoms with Gasteiger partial charge in [-0.2, -0.15) is 0 Å². The smallest absolute Gasteiger partial charge is 0.120 e. The van der Waals surface area contributed by atoms with E-state index in [4.69, 9.17) is 4.74 Å². The highest BCUT2D eigenvalue weighted by molar-refractivity contribution is 5.79.